The lowest BCUT2D eigenvalue weighted by molar-refractivity contribution is -0.147. The molecule has 1 aromatic rings. The van der Waals surface area contributed by atoms with Crippen molar-refractivity contribution < 1.29 is 13.9 Å². The van der Waals surface area contributed by atoms with Crippen LogP contribution in [0, 0.1) is 5.92 Å². The van der Waals surface area contributed by atoms with Crippen LogP contribution in [0.15, 0.2) is 22.8 Å². The molecule has 0 radical (unpaired) electrons. The molecule has 0 saturated carbocycles. The van der Waals surface area contributed by atoms with Crippen molar-refractivity contribution in [3.05, 3.63) is 24.2 Å². The number of carbonyl (C=O) groups is 1. The van der Waals surface area contributed by atoms with Gasteiger partial charge >= 0.3 is 5.97 Å². The molecule has 0 aliphatic carbocycles. The molecule has 14 heavy (non-hydrogen) atoms. The molecule has 1 atom stereocenters. The molecule has 4 nitrogen and oxygen atoms in total. The molecule has 1 heterocycles. The normalized spacial score (nSPS) is 12.4. The first kappa shape index (κ1) is 10.8. The Hall–Kier alpha value is -1.29. The van der Waals surface area contributed by atoms with Crippen molar-refractivity contribution in [2.24, 2.45) is 11.7 Å². The van der Waals surface area contributed by atoms with Crippen LogP contribution in [0.5, 0.6) is 0 Å². The summed E-state index contributed by atoms with van der Waals surface area (Å²) in [5, 5.41) is 0. The van der Waals surface area contributed by atoms with Crippen LogP contribution < -0.4 is 5.73 Å². The van der Waals surface area contributed by atoms with Crippen molar-refractivity contribution in [1.29, 1.82) is 0 Å². The van der Waals surface area contributed by atoms with Crippen LogP contribution in [-0.4, -0.2) is 19.1 Å². The molecule has 1 unspecified atom stereocenters. The molecule has 0 aromatic carbocycles. The van der Waals surface area contributed by atoms with Gasteiger partial charge < -0.3 is 14.9 Å². The smallest absolute Gasteiger partial charge is 0.310 e. The van der Waals surface area contributed by atoms with E-state index in [4.69, 9.17) is 14.9 Å². The minimum atomic E-state index is -0.305. The Morgan fingerprint density at radius 3 is 3.00 bits per heavy atom. The molecule has 0 aliphatic rings. The van der Waals surface area contributed by atoms with E-state index >= 15 is 0 Å². The predicted octanol–water partition coefficient (Wildman–Crippen LogP) is 0.960. The average Bonchev–Trinajstić information content (AvgIpc) is 2.66. The molecule has 1 aromatic heterocycles. The zero-order valence-electron chi connectivity index (χ0n) is 8.23. The lowest BCUT2D eigenvalue weighted by Crippen LogP contribution is -2.27. The summed E-state index contributed by atoms with van der Waals surface area (Å²) in [5.41, 5.74) is 5.48. The van der Waals surface area contributed by atoms with Gasteiger partial charge in [-0.3, -0.25) is 4.79 Å². The number of rotatable bonds is 5. The SMILES string of the molecule is CCOC(=O)C(CN)Cc1ccco1. The van der Waals surface area contributed by atoms with Crippen LogP contribution >= 0.6 is 0 Å². The van der Waals surface area contributed by atoms with E-state index in [0.717, 1.165) is 5.76 Å². The van der Waals surface area contributed by atoms with Gasteiger partial charge in [0.25, 0.3) is 0 Å². The average molecular weight is 197 g/mol. The maximum absolute atomic E-state index is 11.4. The molecule has 0 bridgehead atoms. The van der Waals surface area contributed by atoms with Crippen molar-refractivity contribution in [2.45, 2.75) is 13.3 Å². The van der Waals surface area contributed by atoms with Crippen molar-refractivity contribution in [2.75, 3.05) is 13.2 Å². The highest BCUT2D eigenvalue weighted by molar-refractivity contribution is 5.72. The number of carbonyl (C=O) groups excluding carboxylic acids is 1. The largest absolute Gasteiger partial charge is 0.469 e. The third-order valence-corrected chi connectivity index (χ3v) is 1.93. The van der Waals surface area contributed by atoms with Crippen molar-refractivity contribution in [1.82, 2.24) is 0 Å². The second-order valence-corrected chi connectivity index (χ2v) is 2.97. The molecule has 0 aliphatic heterocycles. The fourth-order valence-corrected chi connectivity index (χ4v) is 1.19. The van der Waals surface area contributed by atoms with E-state index in [9.17, 15) is 4.79 Å². The van der Waals surface area contributed by atoms with Gasteiger partial charge in [-0.25, -0.2) is 0 Å². The Morgan fingerprint density at radius 1 is 1.71 bits per heavy atom. The first-order valence-corrected chi connectivity index (χ1v) is 4.67. The van der Waals surface area contributed by atoms with E-state index in [2.05, 4.69) is 0 Å². The van der Waals surface area contributed by atoms with Gasteiger partial charge in [-0.05, 0) is 19.1 Å². The van der Waals surface area contributed by atoms with E-state index in [-0.39, 0.29) is 18.4 Å². The minimum absolute atomic E-state index is 0.258. The van der Waals surface area contributed by atoms with Gasteiger partial charge in [0.15, 0.2) is 0 Å². The van der Waals surface area contributed by atoms with Crippen molar-refractivity contribution in [3.63, 3.8) is 0 Å². The molecule has 2 N–H and O–H groups in total. The molecule has 1 rings (SSSR count). The fraction of sp³-hybridized carbons (Fsp3) is 0.500. The molecular weight excluding hydrogens is 182 g/mol. The molecule has 0 amide bonds. The van der Waals surface area contributed by atoms with E-state index < -0.39 is 0 Å². The standard InChI is InChI=1S/C10H15NO3/c1-2-13-10(12)8(7-11)6-9-4-3-5-14-9/h3-5,8H,2,6-7,11H2,1H3. The summed E-state index contributed by atoms with van der Waals surface area (Å²) >= 11 is 0. The summed E-state index contributed by atoms with van der Waals surface area (Å²) in [6, 6.07) is 3.61. The summed E-state index contributed by atoms with van der Waals surface area (Å²) in [4.78, 5) is 11.4. The lowest BCUT2D eigenvalue weighted by Gasteiger charge is -2.11. The van der Waals surface area contributed by atoms with Crippen LogP contribution in [0.4, 0.5) is 0 Å². The van der Waals surface area contributed by atoms with Gasteiger partial charge in [-0.15, -0.1) is 0 Å². The predicted molar refractivity (Wildman–Crippen MR) is 51.6 cm³/mol. The first-order valence-electron chi connectivity index (χ1n) is 4.67. The Kier molecular flexibility index (Phi) is 4.19. The van der Waals surface area contributed by atoms with Crippen LogP contribution in [0.1, 0.15) is 12.7 Å². The Labute approximate surface area is 83.0 Å². The van der Waals surface area contributed by atoms with Crippen LogP contribution in [0.2, 0.25) is 0 Å². The Bertz CT molecular complexity index is 269. The maximum atomic E-state index is 11.4. The molecule has 0 spiro atoms. The second-order valence-electron chi connectivity index (χ2n) is 2.97. The minimum Gasteiger partial charge on any atom is -0.469 e. The van der Waals surface area contributed by atoms with Gasteiger partial charge in [-0.2, -0.15) is 0 Å². The first-order chi connectivity index (χ1) is 6.77. The lowest BCUT2D eigenvalue weighted by atomic mass is 10.0. The number of ether oxygens (including phenoxy) is 1. The zero-order chi connectivity index (χ0) is 10.4. The number of hydrogen-bond donors (Lipinski definition) is 1. The number of esters is 1. The van der Waals surface area contributed by atoms with Gasteiger partial charge in [0.2, 0.25) is 0 Å². The summed E-state index contributed by atoms with van der Waals surface area (Å²) in [6.45, 7) is 2.44. The van der Waals surface area contributed by atoms with Crippen LogP contribution in [-0.2, 0) is 16.0 Å². The second kappa shape index (κ2) is 5.44. The quantitative estimate of drug-likeness (QED) is 0.714. The highest BCUT2D eigenvalue weighted by Gasteiger charge is 2.19. The number of furan rings is 1. The van der Waals surface area contributed by atoms with E-state index in [0.29, 0.717) is 13.0 Å². The molecule has 0 fully saturated rings. The van der Waals surface area contributed by atoms with E-state index in [1.54, 1.807) is 19.3 Å². The molecule has 78 valence electrons. The highest BCUT2D eigenvalue weighted by atomic mass is 16.5. The fourth-order valence-electron chi connectivity index (χ4n) is 1.19. The Morgan fingerprint density at radius 2 is 2.50 bits per heavy atom. The topological polar surface area (TPSA) is 65.5 Å². The van der Waals surface area contributed by atoms with Gasteiger partial charge in [-0.1, -0.05) is 0 Å². The third kappa shape index (κ3) is 2.88. The number of nitrogens with two attached hydrogens (primary N) is 1. The zero-order valence-corrected chi connectivity index (χ0v) is 8.23. The monoisotopic (exact) mass is 197 g/mol. The van der Waals surface area contributed by atoms with Crippen LogP contribution in [0.25, 0.3) is 0 Å². The van der Waals surface area contributed by atoms with E-state index in [1.807, 2.05) is 6.07 Å². The molecular formula is C10H15NO3. The van der Waals surface area contributed by atoms with Gasteiger partial charge in [0.1, 0.15) is 5.76 Å². The summed E-state index contributed by atoms with van der Waals surface area (Å²) < 4.78 is 10.0. The summed E-state index contributed by atoms with van der Waals surface area (Å²) in [6.07, 6.45) is 2.08. The van der Waals surface area contributed by atoms with Crippen LogP contribution in [0.3, 0.4) is 0 Å². The number of hydrogen-bond acceptors (Lipinski definition) is 4. The van der Waals surface area contributed by atoms with Gasteiger partial charge in [0.05, 0.1) is 18.8 Å². The summed E-state index contributed by atoms with van der Waals surface area (Å²) in [7, 11) is 0. The van der Waals surface area contributed by atoms with Gasteiger partial charge in [0, 0.05) is 13.0 Å². The molecule has 0 saturated heterocycles. The maximum Gasteiger partial charge on any atom is 0.310 e. The van der Waals surface area contributed by atoms with Crippen molar-refractivity contribution in [3.8, 4) is 0 Å². The Balaban J connectivity index is 2.50. The summed E-state index contributed by atoms with van der Waals surface area (Å²) in [5.74, 6) is 0.195. The third-order valence-electron chi connectivity index (χ3n) is 1.93. The van der Waals surface area contributed by atoms with Crippen molar-refractivity contribution >= 4 is 5.97 Å². The van der Waals surface area contributed by atoms with E-state index in [1.165, 1.54) is 0 Å². The molecule has 4 heteroatoms. The highest BCUT2D eigenvalue weighted by Crippen LogP contribution is 2.10.